The van der Waals surface area contributed by atoms with E-state index in [4.69, 9.17) is 0 Å². The summed E-state index contributed by atoms with van der Waals surface area (Å²) in [6.07, 6.45) is 5.57. The first kappa shape index (κ1) is 11.4. The Balaban J connectivity index is 1.84. The van der Waals surface area contributed by atoms with Crippen molar-refractivity contribution in [2.75, 3.05) is 0 Å². The standard InChI is InChI=1S/C16H17NO/c1-11-8-15(10-17-9-11)16(18)14-6-4-13(5-7-14)12-2-3-12/h4-10,12,16,18H,2-3H2,1H3. The van der Waals surface area contributed by atoms with Crippen molar-refractivity contribution in [2.24, 2.45) is 0 Å². The number of aliphatic hydroxyl groups is 1. The molecule has 0 saturated heterocycles. The number of rotatable bonds is 3. The minimum Gasteiger partial charge on any atom is -0.384 e. The molecule has 0 aliphatic heterocycles. The molecule has 1 aromatic carbocycles. The minimum atomic E-state index is -0.578. The molecule has 2 nitrogen and oxygen atoms in total. The topological polar surface area (TPSA) is 33.1 Å². The molecule has 0 spiro atoms. The van der Waals surface area contributed by atoms with Gasteiger partial charge in [0.15, 0.2) is 0 Å². The van der Waals surface area contributed by atoms with Crippen LogP contribution in [0.4, 0.5) is 0 Å². The summed E-state index contributed by atoms with van der Waals surface area (Å²) >= 11 is 0. The predicted octanol–water partition coefficient (Wildman–Crippen LogP) is 3.35. The van der Waals surface area contributed by atoms with Gasteiger partial charge >= 0.3 is 0 Å². The minimum absolute atomic E-state index is 0.578. The molecule has 1 unspecified atom stereocenters. The average molecular weight is 239 g/mol. The Labute approximate surface area is 107 Å². The van der Waals surface area contributed by atoms with Gasteiger partial charge in [-0.25, -0.2) is 0 Å². The van der Waals surface area contributed by atoms with Crippen LogP contribution in [0.1, 0.15) is 47.1 Å². The summed E-state index contributed by atoms with van der Waals surface area (Å²) < 4.78 is 0. The van der Waals surface area contributed by atoms with Crippen LogP contribution >= 0.6 is 0 Å². The number of aliphatic hydroxyl groups excluding tert-OH is 1. The Morgan fingerprint density at radius 3 is 2.44 bits per heavy atom. The van der Waals surface area contributed by atoms with Crippen molar-refractivity contribution in [2.45, 2.75) is 31.8 Å². The van der Waals surface area contributed by atoms with Gasteiger partial charge in [-0.15, -0.1) is 0 Å². The lowest BCUT2D eigenvalue weighted by Crippen LogP contribution is -2.00. The highest BCUT2D eigenvalue weighted by Gasteiger charge is 2.23. The van der Waals surface area contributed by atoms with Crippen LogP contribution in [0.2, 0.25) is 0 Å². The van der Waals surface area contributed by atoms with Gasteiger partial charge < -0.3 is 5.11 Å². The van der Waals surface area contributed by atoms with Crippen LogP contribution in [-0.4, -0.2) is 10.1 Å². The van der Waals surface area contributed by atoms with Crippen LogP contribution < -0.4 is 0 Å². The molecule has 18 heavy (non-hydrogen) atoms. The van der Waals surface area contributed by atoms with Gasteiger partial charge in [-0.2, -0.15) is 0 Å². The van der Waals surface area contributed by atoms with Crippen molar-refractivity contribution >= 4 is 0 Å². The lowest BCUT2D eigenvalue weighted by molar-refractivity contribution is 0.220. The molecule has 2 heteroatoms. The maximum absolute atomic E-state index is 10.3. The summed E-state index contributed by atoms with van der Waals surface area (Å²) in [7, 11) is 0. The van der Waals surface area contributed by atoms with E-state index in [0.29, 0.717) is 0 Å². The van der Waals surface area contributed by atoms with E-state index in [-0.39, 0.29) is 0 Å². The average Bonchev–Trinajstić information content (AvgIpc) is 3.22. The van der Waals surface area contributed by atoms with Crippen molar-refractivity contribution in [3.8, 4) is 0 Å². The number of hydrogen-bond donors (Lipinski definition) is 1. The molecule has 0 radical (unpaired) electrons. The van der Waals surface area contributed by atoms with Crippen LogP contribution in [0.15, 0.2) is 42.7 Å². The SMILES string of the molecule is Cc1cncc(C(O)c2ccc(C3CC3)cc2)c1. The predicted molar refractivity (Wildman–Crippen MR) is 71.5 cm³/mol. The van der Waals surface area contributed by atoms with Gasteiger partial charge in [0.25, 0.3) is 0 Å². The smallest absolute Gasteiger partial charge is 0.106 e. The molecule has 3 rings (SSSR count). The van der Waals surface area contributed by atoms with E-state index in [1.807, 2.05) is 25.1 Å². The zero-order valence-corrected chi connectivity index (χ0v) is 10.5. The molecule has 1 aliphatic carbocycles. The van der Waals surface area contributed by atoms with Crippen molar-refractivity contribution in [3.05, 3.63) is 65.0 Å². The normalized spacial score (nSPS) is 16.6. The Morgan fingerprint density at radius 1 is 1.11 bits per heavy atom. The first-order valence-electron chi connectivity index (χ1n) is 6.43. The zero-order chi connectivity index (χ0) is 12.5. The van der Waals surface area contributed by atoms with Gasteiger partial charge in [0.1, 0.15) is 6.10 Å². The first-order valence-corrected chi connectivity index (χ1v) is 6.43. The molecule has 1 atom stereocenters. The van der Waals surface area contributed by atoms with Crippen molar-refractivity contribution in [1.82, 2.24) is 4.98 Å². The lowest BCUT2D eigenvalue weighted by Gasteiger charge is -2.12. The fourth-order valence-electron chi connectivity index (χ4n) is 2.29. The molecule has 1 N–H and O–H groups in total. The van der Waals surface area contributed by atoms with E-state index in [2.05, 4.69) is 17.1 Å². The van der Waals surface area contributed by atoms with Crippen LogP contribution in [0, 0.1) is 6.92 Å². The van der Waals surface area contributed by atoms with Crippen molar-refractivity contribution in [1.29, 1.82) is 0 Å². The number of aryl methyl sites for hydroxylation is 1. The Bertz CT molecular complexity index is 543. The number of hydrogen-bond acceptors (Lipinski definition) is 2. The zero-order valence-electron chi connectivity index (χ0n) is 10.5. The molecule has 1 heterocycles. The summed E-state index contributed by atoms with van der Waals surface area (Å²) in [6.45, 7) is 1.99. The highest BCUT2D eigenvalue weighted by atomic mass is 16.3. The largest absolute Gasteiger partial charge is 0.384 e. The Morgan fingerprint density at radius 2 is 1.83 bits per heavy atom. The maximum Gasteiger partial charge on any atom is 0.106 e. The van der Waals surface area contributed by atoms with Gasteiger partial charge in [0.2, 0.25) is 0 Å². The fourth-order valence-corrected chi connectivity index (χ4v) is 2.29. The van der Waals surface area contributed by atoms with Crippen LogP contribution in [0.3, 0.4) is 0 Å². The molecule has 1 aliphatic rings. The summed E-state index contributed by atoms with van der Waals surface area (Å²) in [4.78, 5) is 4.13. The molecule has 0 bridgehead atoms. The molecular formula is C16H17NO. The van der Waals surface area contributed by atoms with E-state index in [1.54, 1.807) is 12.4 Å². The maximum atomic E-state index is 10.3. The fraction of sp³-hybridized carbons (Fsp3) is 0.312. The highest BCUT2D eigenvalue weighted by Crippen LogP contribution is 2.40. The second kappa shape index (κ2) is 4.54. The van der Waals surface area contributed by atoms with E-state index in [0.717, 1.165) is 22.6 Å². The van der Waals surface area contributed by atoms with E-state index in [1.165, 1.54) is 18.4 Å². The molecular weight excluding hydrogens is 222 g/mol. The molecule has 1 fully saturated rings. The van der Waals surface area contributed by atoms with E-state index < -0.39 is 6.10 Å². The summed E-state index contributed by atoms with van der Waals surface area (Å²) in [5.74, 6) is 0.761. The Kier molecular flexibility index (Phi) is 2.88. The second-order valence-corrected chi connectivity index (χ2v) is 5.14. The van der Waals surface area contributed by atoms with Crippen molar-refractivity contribution < 1.29 is 5.11 Å². The third-order valence-corrected chi connectivity index (χ3v) is 3.51. The second-order valence-electron chi connectivity index (χ2n) is 5.14. The summed E-state index contributed by atoms with van der Waals surface area (Å²) in [6, 6.07) is 10.3. The van der Waals surface area contributed by atoms with Gasteiger partial charge in [0, 0.05) is 18.0 Å². The summed E-state index contributed by atoms with van der Waals surface area (Å²) in [5.41, 5.74) is 4.26. The highest BCUT2D eigenvalue weighted by molar-refractivity contribution is 5.34. The van der Waals surface area contributed by atoms with Gasteiger partial charge in [0.05, 0.1) is 0 Å². The van der Waals surface area contributed by atoms with Gasteiger partial charge in [-0.1, -0.05) is 30.3 Å². The molecule has 92 valence electrons. The molecule has 0 amide bonds. The third kappa shape index (κ3) is 2.29. The van der Waals surface area contributed by atoms with E-state index >= 15 is 0 Å². The molecule has 2 aromatic rings. The van der Waals surface area contributed by atoms with Crippen molar-refractivity contribution in [3.63, 3.8) is 0 Å². The van der Waals surface area contributed by atoms with Crippen LogP contribution in [0.5, 0.6) is 0 Å². The number of benzene rings is 1. The number of nitrogens with zero attached hydrogens (tertiary/aromatic N) is 1. The number of pyridine rings is 1. The summed E-state index contributed by atoms with van der Waals surface area (Å²) in [5, 5.41) is 10.3. The van der Waals surface area contributed by atoms with Gasteiger partial charge in [-0.05, 0) is 42.4 Å². The lowest BCUT2D eigenvalue weighted by atomic mass is 10.00. The monoisotopic (exact) mass is 239 g/mol. The van der Waals surface area contributed by atoms with E-state index in [9.17, 15) is 5.11 Å². The first-order chi connectivity index (χ1) is 8.74. The van der Waals surface area contributed by atoms with Gasteiger partial charge in [-0.3, -0.25) is 4.98 Å². The van der Waals surface area contributed by atoms with Crippen LogP contribution in [0.25, 0.3) is 0 Å². The quantitative estimate of drug-likeness (QED) is 0.891. The molecule has 1 aromatic heterocycles. The third-order valence-electron chi connectivity index (χ3n) is 3.51. The number of aromatic nitrogens is 1. The van der Waals surface area contributed by atoms with Crippen LogP contribution in [-0.2, 0) is 0 Å². The Hall–Kier alpha value is -1.67. The molecule has 1 saturated carbocycles.